The minimum absolute atomic E-state index is 0.131. The molecular formula is C11H10ClFN4O2. The van der Waals surface area contributed by atoms with E-state index in [1.54, 1.807) is 0 Å². The van der Waals surface area contributed by atoms with Crippen LogP contribution in [-0.2, 0) is 6.54 Å². The van der Waals surface area contributed by atoms with Crippen molar-refractivity contribution in [3.63, 3.8) is 0 Å². The predicted molar refractivity (Wildman–Crippen MR) is 66.9 cm³/mol. The van der Waals surface area contributed by atoms with E-state index in [0.29, 0.717) is 18.1 Å². The Morgan fingerprint density at radius 2 is 2.32 bits per heavy atom. The average Bonchev–Trinajstić information content (AvgIpc) is 2.82. The van der Waals surface area contributed by atoms with E-state index in [2.05, 4.69) is 15.6 Å². The number of nitrogens with one attached hydrogen (secondary N) is 1. The number of nitrogens with zero attached hydrogens (tertiary/aromatic N) is 3. The number of carboxylic acid groups (broad SMARTS) is 1. The van der Waals surface area contributed by atoms with E-state index in [1.165, 1.54) is 29.1 Å². The number of halogens is 2. The minimum atomic E-state index is -1.14. The fraction of sp³-hybridized carbons (Fsp3) is 0.182. The van der Waals surface area contributed by atoms with Gasteiger partial charge in [0.2, 0.25) is 0 Å². The van der Waals surface area contributed by atoms with Gasteiger partial charge in [-0.3, -0.25) is 0 Å². The third-order valence-corrected chi connectivity index (χ3v) is 2.58. The number of hydrogen-bond donors (Lipinski definition) is 2. The van der Waals surface area contributed by atoms with Crippen LogP contribution in [0.1, 0.15) is 10.5 Å². The molecule has 1 aromatic heterocycles. The first-order chi connectivity index (χ1) is 9.06. The summed E-state index contributed by atoms with van der Waals surface area (Å²) in [4.78, 5) is 10.6. The first kappa shape index (κ1) is 13.3. The molecule has 0 saturated carbocycles. The Kier molecular flexibility index (Phi) is 3.96. The van der Waals surface area contributed by atoms with Gasteiger partial charge in [0.15, 0.2) is 5.69 Å². The summed E-state index contributed by atoms with van der Waals surface area (Å²) in [5.41, 5.74) is 0.153. The Bertz CT molecular complexity index is 602. The van der Waals surface area contributed by atoms with Crippen molar-refractivity contribution in [3.05, 3.63) is 40.9 Å². The van der Waals surface area contributed by atoms with Gasteiger partial charge in [0.1, 0.15) is 5.82 Å². The standard InChI is InChI=1S/C11H10ClFN4O2/c12-7-1-2-8(13)9(5-7)14-3-4-17-6-10(11(18)19)15-16-17/h1-2,5-6,14H,3-4H2,(H,18,19). The average molecular weight is 285 g/mol. The van der Waals surface area contributed by atoms with E-state index in [4.69, 9.17) is 16.7 Å². The second-order valence-corrected chi connectivity index (χ2v) is 4.16. The number of benzene rings is 1. The molecule has 0 aliphatic heterocycles. The smallest absolute Gasteiger partial charge is 0.358 e. The van der Waals surface area contributed by atoms with Crippen molar-refractivity contribution in [2.24, 2.45) is 0 Å². The van der Waals surface area contributed by atoms with Crippen molar-refractivity contribution in [1.82, 2.24) is 15.0 Å². The van der Waals surface area contributed by atoms with E-state index in [-0.39, 0.29) is 11.4 Å². The Hall–Kier alpha value is -2.15. The Labute approximate surface area is 112 Å². The zero-order valence-electron chi connectivity index (χ0n) is 9.68. The predicted octanol–water partition coefficient (Wildman–Crippen LogP) is 1.88. The van der Waals surface area contributed by atoms with Gasteiger partial charge in [-0.15, -0.1) is 5.10 Å². The van der Waals surface area contributed by atoms with Crippen molar-refractivity contribution in [2.75, 3.05) is 11.9 Å². The number of carboxylic acids is 1. The fourth-order valence-electron chi connectivity index (χ4n) is 1.44. The van der Waals surface area contributed by atoms with Crippen LogP contribution in [0.15, 0.2) is 24.4 Å². The molecule has 2 rings (SSSR count). The molecule has 2 aromatic rings. The molecule has 0 aliphatic rings. The van der Waals surface area contributed by atoms with Gasteiger partial charge < -0.3 is 10.4 Å². The largest absolute Gasteiger partial charge is 0.476 e. The molecule has 0 atom stereocenters. The van der Waals surface area contributed by atoms with Gasteiger partial charge >= 0.3 is 5.97 Å². The third kappa shape index (κ3) is 3.41. The molecule has 2 N–H and O–H groups in total. The maximum atomic E-state index is 13.4. The van der Waals surface area contributed by atoms with E-state index in [0.717, 1.165) is 0 Å². The lowest BCUT2D eigenvalue weighted by molar-refractivity contribution is 0.0690. The van der Waals surface area contributed by atoms with Crippen LogP contribution in [-0.4, -0.2) is 32.6 Å². The van der Waals surface area contributed by atoms with Crippen molar-refractivity contribution in [3.8, 4) is 0 Å². The molecule has 0 aliphatic carbocycles. The zero-order chi connectivity index (χ0) is 13.8. The van der Waals surface area contributed by atoms with Gasteiger partial charge in [-0.1, -0.05) is 16.8 Å². The van der Waals surface area contributed by atoms with Crippen LogP contribution in [0.4, 0.5) is 10.1 Å². The topological polar surface area (TPSA) is 80.0 Å². The summed E-state index contributed by atoms with van der Waals surface area (Å²) in [5, 5.41) is 19.0. The summed E-state index contributed by atoms with van der Waals surface area (Å²) in [6.45, 7) is 0.714. The molecule has 1 aromatic carbocycles. The summed E-state index contributed by atoms with van der Waals surface area (Å²) >= 11 is 5.75. The summed E-state index contributed by atoms with van der Waals surface area (Å²) in [6.07, 6.45) is 1.30. The number of aromatic nitrogens is 3. The molecule has 0 spiro atoms. The molecule has 0 bridgehead atoms. The summed E-state index contributed by atoms with van der Waals surface area (Å²) in [6, 6.07) is 4.20. The number of aromatic carboxylic acids is 1. The Morgan fingerprint density at radius 1 is 1.53 bits per heavy atom. The third-order valence-electron chi connectivity index (χ3n) is 2.34. The van der Waals surface area contributed by atoms with Crippen LogP contribution in [0.3, 0.4) is 0 Å². The van der Waals surface area contributed by atoms with E-state index >= 15 is 0 Å². The van der Waals surface area contributed by atoms with Crippen LogP contribution in [0.2, 0.25) is 5.02 Å². The summed E-state index contributed by atoms with van der Waals surface area (Å²) in [5.74, 6) is -1.55. The second kappa shape index (κ2) is 5.66. The first-order valence-electron chi connectivity index (χ1n) is 5.38. The van der Waals surface area contributed by atoms with Crippen molar-refractivity contribution < 1.29 is 14.3 Å². The van der Waals surface area contributed by atoms with Gasteiger partial charge in [-0.05, 0) is 18.2 Å². The molecule has 1 heterocycles. The molecule has 0 fully saturated rings. The number of rotatable bonds is 5. The Morgan fingerprint density at radius 3 is 3.00 bits per heavy atom. The van der Waals surface area contributed by atoms with Gasteiger partial charge in [0, 0.05) is 11.6 Å². The lowest BCUT2D eigenvalue weighted by atomic mass is 10.3. The summed E-state index contributed by atoms with van der Waals surface area (Å²) < 4.78 is 14.7. The SMILES string of the molecule is O=C(O)c1cn(CCNc2cc(Cl)ccc2F)nn1. The lowest BCUT2D eigenvalue weighted by Crippen LogP contribution is -2.12. The minimum Gasteiger partial charge on any atom is -0.476 e. The maximum absolute atomic E-state index is 13.4. The molecule has 0 saturated heterocycles. The highest BCUT2D eigenvalue weighted by Crippen LogP contribution is 2.19. The van der Waals surface area contributed by atoms with Gasteiger partial charge in [0.05, 0.1) is 18.4 Å². The van der Waals surface area contributed by atoms with Crippen molar-refractivity contribution in [1.29, 1.82) is 0 Å². The molecule has 19 heavy (non-hydrogen) atoms. The van der Waals surface area contributed by atoms with Gasteiger partial charge in [-0.2, -0.15) is 0 Å². The van der Waals surface area contributed by atoms with Crippen LogP contribution >= 0.6 is 11.6 Å². The molecule has 0 unspecified atom stereocenters. The summed E-state index contributed by atoms with van der Waals surface area (Å²) in [7, 11) is 0. The van der Waals surface area contributed by atoms with Crippen LogP contribution in [0.5, 0.6) is 0 Å². The quantitative estimate of drug-likeness (QED) is 0.876. The molecule has 100 valence electrons. The molecular weight excluding hydrogens is 275 g/mol. The molecule has 0 amide bonds. The van der Waals surface area contributed by atoms with Gasteiger partial charge in [0.25, 0.3) is 0 Å². The maximum Gasteiger partial charge on any atom is 0.358 e. The van der Waals surface area contributed by atoms with Crippen molar-refractivity contribution in [2.45, 2.75) is 6.54 Å². The lowest BCUT2D eigenvalue weighted by Gasteiger charge is -2.07. The normalized spacial score (nSPS) is 10.4. The molecule has 6 nitrogen and oxygen atoms in total. The van der Waals surface area contributed by atoms with Crippen molar-refractivity contribution >= 4 is 23.3 Å². The zero-order valence-corrected chi connectivity index (χ0v) is 10.4. The van der Waals surface area contributed by atoms with E-state index < -0.39 is 11.8 Å². The number of anilines is 1. The highest BCUT2D eigenvalue weighted by molar-refractivity contribution is 6.30. The first-order valence-corrected chi connectivity index (χ1v) is 5.76. The fourth-order valence-corrected chi connectivity index (χ4v) is 1.62. The van der Waals surface area contributed by atoms with Gasteiger partial charge in [-0.25, -0.2) is 13.9 Å². The monoisotopic (exact) mass is 284 g/mol. The number of carbonyl (C=O) groups is 1. The number of hydrogen-bond acceptors (Lipinski definition) is 4. The highest BCUT2D eigenvalue weighted by Gasteiger charge is 2.08. The van der Waals surface area contributed by atoms with Crippen LogP contribution < -0.4 is 5.32 Å². The van der Waals surface area contributed by atoms with Crippen LogP contribution in [0, 0.1) is 5.82 Å². The van der Waals surface area contributed by atoms with E-state index in [9.17, 15) is 9.18 Å². The van der Waals surface area contributed by atoms with E-state index in [1.807, 2.05) is 0 Å². The Balaban J connectivity index is 1.92. The van der Waals surface area contributed by atoms with Crippen LogP contribution in [0.25, 0.3) is 0 Å². The molecule has 8 heteroatoms. The molecule has 0 radical (unpaired) electrons. The highest BCUT2D eigenvalue weighted by atomic mass is 35.5. The second-order valence-electron chi connectivity index (χ2n) is 3.72.